The lowest BCUT2D eigenvalue weighted by atomic mass is 10.3. The Morgan fingerprint density at radius 2 is 2.33 bits per heavy atom. The number of anilines is 2. The fourth-order valence-corrected chi connectivity index (χ4v) is 2.87. The summed E-state index contributed by atoms with van der Waals surface area (Å²) in [7, 11) is 3.93. The van der Waals surface area contributed by atoms with Gasteiger partial charge in [0.1, 0.15) is 10.7 Å². The predicted octanol–water partition coefficient (Wildman–Crippen LogP) is 1.84. The van der Waals surface area contributed by atoms with Crippen molar-refractivity contribution in [1.82, 2.24) is 14.9 Å². The van der Waals surface area contributed by atoms with Crippen molar-refractivity contribution in [3.05, 3.63) is 29.2 Å². The van der Waals surface area contributed by atoms with Crippen LogP contribution in [-0.2, 0) is 13.6 Å². The summed E-state index contributed by atoms with van der Waals surface area (Å²) in [6.07, 6.45) is 4.59. The molecule has 6 nitrogen and oxygen atoms in total. The molecule has 2 rings (SSSR count). The highest BCUT2D eigenvalue weighted by Gasteiger charge is 2.16. The largest absolute Gasteiger partial charge is 0.397 e. The van der Waals surface area contributed by atoms with Crippen molar-refractivity contribution < 1.29 is 4.79 Å². The van der Waals surface area contributed by atoms with E-state index < -0.39 is 0 Å². The van der Waals surface area contributed by atoms with Crippen LogP contribution in [-0.4, -0.2) is 29.1 Å². The maximum Gasteiger partial charge on any atom is 0.263 e. The second-order valence-electron chi connectivity index (χ2n) is 4.94. The van der Waals surface area contributed by atoms with Gasteiger partial charge in [-0.3, -0.25) is 4.79 Å². The standard InChI is InChI=1S/C14H21N5OS/c1-4-5-17-14(20)13-10(15)8-12(21-13)19(3)9-11-16-6-7-18(11)2/h6-8H,4-5,9,15H2,1-3H3,(H,17,20). The Kier molecular flexibility index (Phi) is 4.85. The second kappa shape index (κ2) is 6.62. The molecule has 0 bridgehead atoms. The molecule has 0 unspecified atom stereocenters. The van der Waals surface area contributed by atoms with Gasteiger partial charge in [-0.25, -0.2) is 4.98 Å². The highest BCUT2D eigenvalue weighted by Crippen LogP contribution is 2.32. The van der Waals surface area contributed by atoms with Gasteiger partial charge in [0.25, 0.3) is 5.91 Å². The van der Waals surface area contributed by atoms with E-state index in [1.54, 1.807) is 6.20 Å². The first-order chi connectivity index (χ1) is 10.0. The van der Waals surface area contributed by atoms with Gasteiger partial charge in [-0.15, -0.1) is 11.3 Å². The molecular weight excluding hydrogens is 286 g/mol. The molecule has 0 spiro atoms. The molecule has 0 fully saturated rings. The zero-order valence-corrected chi connectivity index (χ0v) is 13.4. The lowest BCUT2D eigenvalue weighted by Gasteiger charge is -2.16. The number of hydrogen-bond acceptors (Lipinski definition) is 5. The molecule has 21 heavy (non-hydrogen) atoms. The monoisotopic (exact) mass is 307 g/mol. The van der Waals surface area contributed by atoms with Gasteiger partial charge >= 0.3 is 0 Å². The minimum Gasteiger partial charge on any atom is -0.397 e. The molecule has 0 aliphatic rings. The summed E-state index contributed by atoms with van der Waals surface area (Å²) < 4.78 is 1.97. The van der Waals surface area contributed by atoms with Gasteiger partial charge in [0.15, 0.2) is 0 Å². The molecule has 114 valence electrons. The summed E-state index contributed by atoms with van der Waals surface area (Å²) in [5, 5.41) is 3.81. The summed E-state index contributed by atoms with van der Waals surface area (Å²) >= 11 is 1.41. The number of nitrogen functional groups attached to an aromatic ring is 1. The maximum absolute atomic E-state index is 12.0. The van der Waals surface area contributed by atoms with E-state index in [1.165, 1.54) is 11.3 Å². The second-order valence-corrected chi connectivity index (χ2v) is 5.97. The molecule has 2 aromatic rings. The number of aryl methyl sites for hydroxylation is 1. The van der Waals surface area contributed by atoms with Crippen LogP contribution in [0.4, 0.5) is 10.7 Å². The number of imidazole rings is 1. The molecule has 0 aliphatic carbocycles. The molecule has 1 amide bonds. The number of nitrogens with two attached hydrogens (primary N) is 1. The smallest absolute Gasteiger partial charge is 0.263 e. The third-order valence-electron chi connectivity index (χ3n) is 3.17. The van der Waals surface area contributed by atoms with Gasteiger partial charge in [0, 0.05) is 33.0 Å². The average Bonchev–Trinajstić information content (AvgIpc) is 3.03. The molecule has 0 atom stereocenters. The van der Waals surface area contributed by atoms with Crippen LogP contribution in [0.2, 0.25) is 0 Å². The Morgan fingerprint density at radius 1 is 1.57 bits per heavy atom. The number of carbonyl (C=O) groups excluding carboxylic acids is 1. The highest BCUT2D eigenvalue weighted by molar-refractivity contribution is 7.18. The molecule has 3 N–H and O–H groups in total. The number of thiophene rings is 1. The summed E-state index contributed by atoms with van der Waals surface area (Å²) in [6, 6.07) is 1.84. The zero-order chi connectivity index (χ0) is 15.4. The lowest BCUT2D eigenvalue weighted by Crippen LogP contribution is -2.23. The zero-order valence-electron chi connectivity index (χ0n) is 12.6. The molecule has 0 radical (unpaired) electrons. The van der Waals surface area contributed by atoms with Gasteiger partial charge in [0.05, 0.1) is 17.2 Å². The number of carbonyl (C=O) groups is 1. The number of amides is 1. The van der Waals surface area contributed by atoms with E-state index in [0.29, 0.717) is 23.7 Å². The molecule has 2 heterocycles. The van der Waals surface area contributed by atoms with E-state index in [1.807, 2.05) is 42.7 Å². The first-order valence-electron chi connectivity index (χ1n) is 6.87. The normalized spacial score (nSPS) is 10.6. The molecule has 0 saturated carbocycles. The number of nitrogens with zero attached hydrogens (tertiary/aromatic N) is 3. The quantitative estimate of drug-likeness (QED) is 0.854. The SMILES string of the molecule is CCCNC(=O)c1sc(N(C)Cc2nccn2C)cc1N. The minimum atomic E-state index is -0.101. The van der Waals surface area contributed by atoms with Crippen molar-refractivity contribution in [2.24, 2.45) is 7.05 Å². The van der Waals surface area contributed by atoms with Crippen LogP contribution in [0.3, 0.4) is 0 Å². The van der Waals surface area contributed by atoms with E-state index in [-0.39, 0.29) is 5.91 Å². The van der Waals surface area contributed by atoms with Crippen LogP contribution in [0.15, 0.2) is 18.5 Å². The van der Waals surface area contributed by atoms with E-state index in [9.17, 15) is 4.79 Å². The number of nitrogens with one attached hydrogen (secondary N) is 1. The van der Waals surface area contributed by atoms with Gasteiger partial charge in [0.2, 0.25) is 0 Å². The van der Waals surface area contributed by atoms with Crippen LogP contribution in [0.25, 0.3) is 0 Å². The Morgan fingerprint density at radius 3 is 2.95 bits per heavy atom. The van der Waals surface area contributed by atoms with Crippen molar-refractivity contribution in [3.63, 3.8) is 0 Å². The first kappa shape index (κ1) is 15.4. The fourth-order valence-electron chi connectivity index (χ4n) is 1.91. The topological polar surface area (TPSA) is 76.2 Å². The molecule has 2 aromatic heterocycles. The van der Waals surface area contributed by atoms with Crippen molar-refractivity contribution in [2.45, 2.75) is 19.9 Å². The number of rotatable bonds is 6. The van der Waals surface area contributed by atoms with E-state index in [4.69, 9.17) is 5.73 Å². The van der Waals surface area contributed by atoms with Crippen LogP contribution in [0, 0.1) is 0 Å². The Bertz CT molecular complexity index is 619. The lowest BCUT2D eigenvalue weighted by molar-refractivity contribution is 0.0958. The van der Waals surface area contributed by atoms with Gasteiger partial charge < -0.3 is 20.5 Å². The molecule has 0 aromatic carbocycles. The minimum absolute atomic E-state index is 0.101. The van der Waals surface area contributed by atoms with Gasteiger partial charge in [-0.2, -0.15) is 0 Å². The number of hydrogen-bond donors (Lipinski definition) is 2. The van der Waals surface area contributed by atoms with Gasteiger partial charge in [-0.1, -0.05) is 6.92 Å². The molecular formula is C14H21N5OS. The maximum atomic E-state index is 12.0. The summed E-state index contributed by atoms with van der Waals surface area (Å²) in [5.74, 6) is 0.859. The highest BCUT2D eigenvalue weighted by atomic mass is 32.1. The third-order valence-corrected chi connectivity index (χ3v) is 4.43. The van der Waals surface area contributed by atoms with E-state index in [2.05, 4.69) is 10.3 Å². The van der Waals surface area contributed by atoms with Crippen LogP contribution < -0.4 is 16.0 Å². The Balaban J connectivity index is 2.10. The first-order valence-corrected chi connectivity index (χ1v) is 7.69. The summed E-state index contributed by atoms with van der Waals surface area (Å²) in [4.78, 5) is 18.9. The Hall–Kier alpha value is -2.02. The van der Waals surface area contributed by atoms with Crippen molar-refractivity contribution in [1.29, 1.82) is 0 Å². The van der Waals surface area contributed by atoms with Crippen molar-refractivity contribution in [3.8, 4) is 0 Å². The van der Waals surface area contributed by atoms with E-state index in [0.717, 1.165) is 17.2 Å². The van der Waals surface area contributed by atoms with Crippen LogP contribution in [0.1, 0.15) is 28.8 Å². The summed E-state index contributed by atoms with van der Waals surface area (Å²) in [5.41, 5.74) is 6.48. The molecule has 0 aliphatic heterocycles. The summed E-state index contributed by atoms with van der Waals surface area (Å²) in [6.45, 7) is 3.35. The fraction of sp³-hybridized carbons (Fsp3) is 0.429. The average molecular weight is 307 g/mol. The van der Waals surface area contributed by atoms with Gasteiger partial charge in [-0.05, 0) is 12.5 Å². The molecule has 7 heteroatoms. The predicted molar refractivity (Wildman–Crippen MR) is 86.7 cm³/mol. The third kappa shape index (κ3) is 3.55. The van der Waals surface area contributed by atoms with Crippen LogP contribution in [0.5, 0.6) is 0 Å². The van der Waals surface area contributed by atoms with Crippen molar-refractivity contribution in [2.75, 3.05) is 24.2 Å². The Labute approximate surface area is 128 Å². The molecule has 0 saturated heterocycles. The van der Waals surface area contributed by atoms with Crippen molar-refractivity contribution >= 4 is 27.9 Å². The van der Waals surface area contributed by atoms with E-state index >= 15 is 0 Å². The van der Waals surface area contributed by atoms with Crippen LogP contribution >= 0.6 is 11.3 Å². The number of aromatic nitrogens is 2.